The molecule has 1 aliphatic heterocycles. The molecule has 168 valence electrons. The van der Waals surface area contributed by atoms with Crippen LogP contribution in [0.3, 0.4) is 0 Å². The maximum absolute atomic E-state index is 13.0. The molecule has 33 heavy (non-hydrogen) atoms. The van der Waals surface area contributed by atoms with E-state index in [0.717, 1.165) is 16.1 Å². The number of nitrogens with zero attached hydrogens (tertiary/aromatic N) is 1. The molecule has 0 saturated carbocycles. The summed E-state index contributed by atoms with van der Waals surface area (Å²) in [7, 11) is 0. The number of rotatable bonds is 7. The third-order valence-electron chi connectivity index (χ3n) is 5.43. The van der Waals surface area contributed by atoms with Crippen LogP contribution in [-0.4, -0.2) is 28.6 Å². The van der Waals surface area contributed by atoms with Crippen LogP contribution in [0.1, 0.15) is 28.9 Å². The van der Waals surface area contributed by atoms with Gasteiger partial charge in [-0.1, -0.05) is 84.4 Å². The number of carbonyl (C=O) groups is 3. The summed E-state index contributed by atoms with van der Waals surface area (Å²) in [4.78, 5) is 38.2. The number of hydrogen-bond acceptors (Lipinski definition) is 4. The maximum atomic E-state index is 13.0. The molecule has 0 aromatic heterocycles. The SMILES string of the molecule is CC1(c2ccccc2)NC(=O)N(NC(=O)CSC(c2ccccc2)c2ccc(Cl)cc2)C1=O. The van der Waals surface area contributed by atoms with Crippen molar-refractivity contribution in [3.63, 3.8) is 0 Å². The van der Waals surface area contributed by atoms with Crippen molar-refractivity contribution in [3.8, 4) is 0 Å². The van der Waals surface area contributed by atoms with Gasteiger partial charge in [0.1, 0.15) is 5.54 Å². The molecule has 3 aromatic rings. The lowest BCUT2D eigenvalue weighted by Gasteiger charge is -2.22. The summed E-state index contributed by atoms with van der Waals surface area (Å²) in [5.41, 5.74) is 3.89. The minimum absolute atomic E-state index is 0.0430. The van der Waals surface area contributed by atoms with E-state index >= 15 is 0 Å². The molecule has 0 aliphatic carbocycles. The second-order valence-corrected chi connectivity index (χ2v) is 9.28. The second-order valence-electron chi connectivity index (χ2n) is 7.75. The Hall–Kier alpha value is -3.29. The lowest BCUT2D eigenvalue weighted by atomic mass is 9.92. The number of hydrazine groups is 1. The van der Waals surface area contributed by atoms with Gasteiger partial charge < -0.3 is 5.32 Å². The molecule has 8 heteroatoms. The standard InChI is InChI=1S/C25H22ClN3O3S/c1-25(19-10-6-3-7-11-19)23(31)29(24(32)27-25)28-21(30)16-33-22(17-8-4-2-5-9-17)18-12-14-20(26)15-13-18/h2-15,22H,16H2,1H3,(H,27,32)(H,28,30). The van der Waals surface area contributed by atoms with Gasteiger partial charge in [0, 0.05) is 5.02 Å². The minimum Gasteiger partial charge on any atom is -0.318 e. The number of urea groups is 1. The normalized spacial score (nSPS) is 18.7. The van der Waals surface area contributed by atoms with E-state index in [2.05, 4.69) is 10.7 Å². The highest BCUT2D eigenvalue weighted by molar-refractivity contribution is 8.00. The summed E-state index contributed by atoms with van der Waals surface area (Å²) in [5, 5.41) is 3.95. The Balaban J connectivity index is 1.46. The summed E-state index contributed by atoms with van der Waals surface area (Å²) in [6.45, 7) is 1.62. The third kappa shape index (κ3) is 4.89. The van der Waals surface area contributed by atoms with E-state index in [1.807, 2.05) is 60.7 Å². The van der Waals surface area contributed by atoms with E-state index in [0.29, 0.717) is 10.6 Å². The largest absolute Gasteiger partial charge is 0.344 e. The van der Waals surface area contributed by atoms with Crippen LogP contribution < -0.4 is 10.7 Å². The lowest BCUT2D eigenvalue weighted by Crippen LogP contribution is -2.48. The molecule has 4 amide bonds. The van der Waals surface area contributed by atoms with Gasteiger partial charge in [-0.2, -0.15) is 5.01 Å². The van der Waals surface area contributed by atoms with Gasteiger partial charge in [0.05, 0.1) is 11.0 Å². The van der Waals surface area contributed by atoms with E-state index in [4.69, 9.17) is 11.6 Å². The summed E-state index contributed by atoms with van der Waals surface area (Å²) < 4.78 is 0. The van der Waals surface area contributed by atoms with Crippen molar-refractivity contribution in [2.45, 2.75) is 17.7 Å². The molecule has 0 spiro atoms. The average molecular weight is 480 g/mol. The number of hydrogen-bond donors (Lipinski definition) is 2. The Kier molecular flexibility index (Phi) is 6.72. The number of imide groups is 1. The Morgan fingerprint density at radius 2 is 1.55 bits per heavy atom. The van der Waals surface area contributed by atoms with Crippen LogP contribution in [0, 0.1) is 0 Å². The zero-order valence-electron chi connectivity index (χ0n) is 17.8. The van der Waals surface area contributed by atoms with Crippen LogP contribution in [0.25, 0.3) is 0 Å². The van der Waals surface area contributed by atoms with Crippen molar-refractivity contribution in [3.05, 3.63) is 107 Å². The van der Waals surface area contributed by atoms with Crippen LogP contribution in [0.4, 0.5) is 4.79 Å². The smallest absolute Gasteiger partial charge is 0.318 e. The van der Waals surface area contributed by atoms with Crippen molar-refractivity contribution in [1.82, 2.24) is 15.8 Å². The molecule has 2 N–H and O–H groups in total. The fraction of sp³-hybridized carbons (Fsp3) is 0.160. The molecule has 1 aliphatic rings. The first kappa shape index (κ1) is 22.9. The number of halogens is 1. The number of nitrogens with one attached hydrogen (secondary N) is 2. The molecule has 2 atom stereocenters. The van der Waals surface area contributed by atoms with E-state index in [-0.39, 0.29) is 11.0 Å². The van der Waals surface area contributed by atoms with Gasteiger partial charge in [0.25, 0.3) is 5.91 Å². The van der Waals surface area contributed by atoms with E-state index in [1.54, 1.807) is 31.2 Å². The highest BCUT2D eigenvalue weighted by atomic mass is 35.5. The fourth-order valence-corrected chi connectivity index (χ4v) is 4.88. The van der Waals surface area contributed by atoms with Gasteiger partial charge in [0.15, 0.2) is 0 Å². The topological polar surface area (TPSA) is 78.5 Å². The minimum atomic E-state index is -1.24. The lowest BCUT2D eigenvalue weighted by molar-refractivity contribution is -0.138. The number of carbonyl (C=O) groups excluding carboxylic acids is 3. The molecule has 1 heterocycles. The fourth-order valence-electron chi connectivity index (χ4n) is 3.67. The molecular weight excluding hydrogens is 458 g/mol. The highest BCUT2D eigenvalue weighted by Gasteiger charge is 2.49. The zero-order chi connectivity index (χ0) is 23.4. The predicted molar refractivity (Wildman–Crippen MR) is 130 cm³/mol. The van der Waals surface area contributed by atoms with Gasteiger partial charge in [-0.05, 0) is 35.7 Å². The summed E-state index contributed by atoms with van der Waals surface area (Å²) in [5.74, 6) is -0.938. The van der Waals surface area contributed by atoms with Crippen LogP contribution >= 0.6 is 23.4 Å². The van der Waals surface area contributed by atoms with Crippen LogP contribution in [0.2, 0.25) is 5.02 Å². The summed E-state index contributed by atoms with van der Waals surface area (Å²) in [6.07, 6.45) is 0. The van der Waals surface area contributed by atoms with Gasteiger partial charge in [-0.15, -0.1) is 11.8 Å². The Bertz CT molecular complexity index is 1160. The monoisotopic (exact) mass is 479 g/mol. The molecule has 1 saturated heterocycles. The van der Waals surface area contributed by atoms with E-state index in [1.165, 1.54) is 11.8 Å². The molecule has 0 radical (unpaired) electrons. The van der Waals surface area contributed by atoms with Crippen molar-refractivity contribution in [1.29, 1.82) is 0 Å². The van der Waals surface area contributed by atoms with E-state index < -0.39 is 23.4 Å². The van der Waals surface area contributed by atoms with Gasteiger partial charge in [-0.3, -0.25) is 15.0 Å². The third-order valence-corrected chi connectivity index (χ3v) is 6.99. The molecule has 2 unspecified atom stereocenters. The molecule has 6 nitrogen and oxygen atoms in total. The van der Waals surface area contributed by atoms with Crippen LogP contribution in [-0.2, 0) is 15.1 Å². The summed E-state index contributed by atoms with van der Waals surface area (Å²) >= 11 is 7.43. The van der Waals surface area contributed by atoms with Crippen molar-refractivity contribution in [2.24, 2.45) is 0 Å². The zero-order valence-corrected chi connectivity index (χ0v) is 19.4. The molecule has 3 aromatic carbocycles. The second kappa shape index (κ2) is 9.68. The maximum Gasteiger partial charge on any atom is 0.344 e. The first-order chi connectivity index (χ1) is 15.9. The quantitative estimate of drug-likeness (QED) is 0.483. The Morgan fingerprint density at radius 1 is 0.970 bits per heavy atom. The summed E-state index contributed by atoms with van der Waals surface area (Å²) in [6, 6.07) is 25.5. The Labute approximate surface area is 201 Å². The average Bonchev–Trinajstić information content (AvgIpc) is 3.05. The molecule has 1 fully saturated rings. The highest BCUT2D eigenvalue weighted by Crippen LogP contribution is 2.36. The number of benzene rings is 3. The number of thioether (sulfide) groups is 1. The predicted octanol–water partition coefficient (Wildman–Crippen LogP) is 4.66. The first-order valence-electron chi connectivity index (χ1n) is 10.3. The van der Waals surface area contributed by atoms with E-state index in [9.17, 15) is 14.4 Å². The Morgan fingerprint density at radius 3 is 2.18 bits per heavy atom. The van der Waals surface area contributed by atoms with Crippen molar-refractivity contribution in [2.75, 3.05) is 5.75 Å². The first-order valence-corrected chi connectivity index (χ1v) is 11.7. The number of amides is 4. The van der Waals surface area contributed by atoms with Crippen LogP contribution in [0.15, 0.2) is 84.9 Å². The van der Waals surface area contributed by atoms with Gasteiger partial charge >= 0.3 is 6.03 Å². The molecule has 4 rings (SSSR count). The molecular formula is C25H22ClN3O3S. The molecule has 0 bridgehead atoms. The van der Waals surface area contributed by atoms with Crippen LogP contribution in [0.5, 0.6) is 0 Å². The van der Waals surface area contributed by atoms with Gasteiger partial charge in [0.2, 0.25) is 5.91 Å². The van der Waals surface area contributed by atoms with Gasteiger partial charge in [-0.25, -0.2) is 4.79 Å². The van der Waals surface area contributed by atoms with Crippen molar-refractivity contribution >= 4 is 41.2 Å². The van der Waals surface area contributed by atoms with Crippen molar-refractivity contribution < 1.29 is 14.4 Å².